The third kappa shape index (κ3) is 5.31. The van der Waals surface area contributed by atoms with Crippen molar-refractivity contribution in [2.45, 2.75) is 58.0 Å². The number of carbonyl (C=O) groups is 1. The summed E-state index contributed by atoms with van der Waals surface area (Å²) in [6, 6.07) is 7.10. The van der Waals surface area contributed by atoms with Crippen molar-refractivity contribution >= 4 is 6.03 Å². The van der Waals surface area contributed by atoms with Crippen LogP contribution in [0.1, 0.15) is 43.5 Å². The van der Waals surface area contributed by atoms with Gasteiger partial charge in [-0.15, -0.1) is 0 Å². The summed E-state index contributed by atoms with van der Waals surface area (Å²) >= 11 is 0. The highest BCUT2D eigenvalue weighted by molar-refractivity contribution is 5.74. The largest absolute Gasteiger partial charge is 0.338 e. The Hall–Kier alpha value is -2.37. The summed E-state index contributed by atoms with van der Waals surface area (Å²) in [7, 11) is 0. The van der Waals surface area contributed by atoms with Crippen molar-refractivity contribution in [1.82, 2.24) is 19.8 Å². The lowest BCUT2D eigenvalue weighted by Gasteiger charge is -2.36. The standard InChI is InChI=1S/C21H29FN4O/c1-17-23-13-16-25(17)15-11-19-9-4-5-14-26(19)21(27)24-12-6-8-18-7-2-3-10-20(18)22/h2-3,7,10,13,16,19H,4-6,8-9,11-12,14-15H2,1H3,(H,24,27). The number of aromatic nitrogens is 2. The molecule has 2 amide bonds. The van der Waals surface area contributed by atoms with E-state index in [0.29, 0.717) is 18.5 Å². The van der Waals surface area contributed by atoms with Crippen LogP contribution in [0.5, 0.6) is 0 Å². The van der Waals surface area contributed by atoms with Gasteiger partial charge in [0.05, 0.1) is 0 Å². The van der Waals surface area contributed by atoms with Gasteiger partial charge in [-0.1, -0.05) is 18.2 Å². The number of carbonyl (C=O) groups excluding carboxylic acids is 1. The van der Waals surface area contributed by atoms with Crippen LogP contribution in [0.3, 0.4) is 0 Å². The number of hydrogen-bond donors (Lipinski definition) is 1. The zero-order valence-electron chi connectivity index (χ0n) is 16.0. The first kappa shape index (κ1) is 19.4. The first-order chi connectivity index (χ1) is 13.1. The van der Waals surface area contributed by atoms with E-state index in [9.17, 15) is 9.18 Å². The van der Waals surface area contributed by atoms with E-state index >= 15 is 0 Å². The molecule has 1 aromatic carbocycles. The van der Waals surface area contributed by atoms with Gasteiger partial charge in [-0.3, -0.25) is 0 Å². The minimum Gasteiger partial charge on any atom is -0.338 e. The summed E-state index contributed by atoms with van der Waals surface area (Å²) in [5.41, 5.74) is 0.707. The Kier molecular flexibility index (Phi) is 6.85. The van der Waals surface area contributed by atoms with Gasteiger partial charge in [0.1, 0.15) is 11.6 Å². The predicted molar refractivity (Wildman–Crippen MR) is 104 cm³/mol. The van der Waals surface area contributed by atoms with Crippen molar-refractivity contribution in [3.8, 4) is 0 Å². The highest BCUT2D eigenvalue weighted by Crippen LogP contribution is 2.20. The third-order valence-corrected chi connectivity index (χ3v) is 5.37. The van der Waals surface area contributed by atoms with Crippen LogP contribution in [0.4, 0.5) is 9.18 Å². The highest BCUT2D eigenvalue weighted by atomic mass is 19.1. The van der Waals surface area contributed by atoms with Gasteiger partial charge >= 0.3 is 6.03 Å². The van der Waals surface area contributed by atoms with Crippen LogP contribution in [0.2, 0.25) is 0 Å². The van der Waals surface area contributed by atoms with Gasteiger partial charge in [-0.25, -0.2) is 14.2 Å². The van der Waals surface area contributed by atoms with E-state index in [1.165, 1.54) is 12.5 Å². The Morgan fingerprint density at radius 3 is 2.96 bits per heavy atom. The number of amides is 2. The van der Waals surface area contributed by atoms with E-state index in [4.69, 9.17) is 0 Å². The van der Waals surface area contributed by atoms with Gasteiger partial charge in [-0.05, 0) is 57.1 Å². The lowest BCUT2D eigenvalue weighted by Crippen LogP contribution is -2.49. The summed E-state index contributed by atoms with van der Waals surface area (Å²) in [6.07, 6.45) is 9.40. The molecule has 0 saturated carbocycles. The maximum atomic E-state index is 13.6. The van der Waals surface area contributed by atoms with Crippen LogP contribution in [-0.2, 0) is 13.0 Å². The number of aryl methyl sites for hydroxylation is 3. The molecule has 1 aliphatic heterocycles. The van der Waals surface area contributed by atoms with Crippen molar-refractivity contribution in [3.63, 3.8) is 0 Å². The number of benzene rings is 1. The van der Waals surface area contributed by atoms with E-state index in [-0.39, 0.29) is 17.9 Å². The molecule has 1 N–H and O–H groups in total. The number of likely N-dealkylation sites (tertiary alicyclic amines) is 1. The highest BCUT2D eigenvalue weighted by Gasteiger charge is 2.26. The SMILES string of the molecule is Cc1nccn1CCC1CCCCN1C(=O)NCCCc1ccccc1F. The van der Waals surface area contributed by atoms with Crippen LogP contribution in [0, 0.1) is 12.7 Å². The lowest BCUT2D eigenvalue weighted by molar-refractivity contribution is 0.144. The molecule has 1 unspecified atom stereocenters. The zero-order chi connectivity index (χ0) is 19.1. The van der Waals surface area contributed by atoms with E-state index in [1.807, 2.05) is 30.3 Å². The Morgan fingerprint density at radius 2 is 2.19 bits per heavy atom. The monoisotopic (exact) mass is 372 g/mol. The number of nitrogens with one attached hydrogen (secondary N) is 1. The number of imidazole rings is 1. The maximum Gasteiger partial charge on any atom is 0.317 e. The molecule has 2 heterocycles. The maximum absolute atomic E-state index is 13.6. The number of urea groups is 1. The van der Waals surface area contributed by atoms with Crippen LogP contribution in [-0.4, -0.2) is 39.6 Å². The topological polar surface area (TPSA) is 50.2 Å². The Labute approximate surface area is 160 Å². The predicted octanol–water partition coefficient (Wildman–Crippen LogP) is 3.92. The van der Waals surface area contributed by atoms with E-state index in [2.05, 4.69) is 14.9 Å². The molecule has 1 fully saturated rings. The molecular weight excluding hydrogens is 343 g/mol. The Balaban J connectivity index is 1.45. The first-order valence-electron chi connectivity index (χ1n) is 9.91. The fourth-order valence-corrected chi connectivity index (χ4v) is 3.77. The van der Waals surface area contributed by atoms with E-state index in [1.54, 1.807) is 12.1 Å². The molecule has 0 radical (unpaired) electrons. The van der Waals surface area contributed by atoms with Crippen LogP contribution >= 0.6 is 0 Å². The van der Waals surface area contributed by atoms with Crippen molar-refractivity contribution in [2.75, 3.05) is 13.1 Å². The van der Waals surface area contributed by atoms with Gasteiger partial charge < -0.3 is 14.8 Å². The molecule has 0 aliphatic carbocycles. The van der Waals surface area contributed by atoms with Crippen LogP contribution in [0.15, 0.2) is 36.7 Å². The number of hydrogen-bond acceptors (Lipinski definition) is 2. The molecule has 27 heavy (non-hydrogen) atoms. The summed E-state index contributed by atoms with van der Waals surface area (Å²) in [4.78, 5) is 18.9. The first-order valence-corrected chi connectivity index (χ1v) is 9.91. The fourth-order valence-electron chi connectivity index (χ4n) is 3.77. The Morgan fingerprint density at radius 1 is 1.33 bits per heavy atom. The van der Waals surface area contributed by atoms with Crippen molar-refractivity contribution in [1.29, 1.82) is 0 Å². The lowest BCUT2D eigenvalue weighted by atomic mass is 9.99. The van der Waals surface area contributed by atoms with Crippen molar-refractivity contribution < 1.29 is 9.18 Å². The van der Waals surface area contributed by atoms with E-state index < -0.39 is 0 Å². The van der Waals surface area contributed by atoms with E-state index in [0.717, 1.165) is 44.6 Å². The molecule has 0 spiro atoms. The summed E-state index contributed by atoms with van der Waals surface area (Å²) in [5, 5.41) is 3.02. The number of nitrogens with zero attached hydrogens (tertiary/aromatic N) is 3. The second-order valence-electron chi connectivity index (χ2n) is 7.23. The zero-order valence-corrected chi connectivity index (χ0v) is 16.0. The molecule has 3 rings (SSSR count). The minimum atomic E-state index is -0.172. The van der Waals surface area contributed by atoms with Crippen LogP contribution in [0.25, 0.3) is 0 Å². The second-order valence-corrected chi connectivity index (χ2v) is 7.23. The number of piperidine rings is 1. The molecule has 6 heteroatoms. The average molecular weight is 372 g/mol. The van der Waals surface area contributed by atoms with Gasteiger partial charge in [0.2, 0.25) is 0 Å². The quantitative estimate of drug-likeness (QED) is 0.749. The minimum absolute atomic E-state index is 0.00980. The summed E-state index contributed by atoms with van der Waals surface area (Å²) in [6.45, 7) is 4.26. The molecule has 1 atom stereocenters. The number of rotatable bonds is 7. The average Bonchev–Trinajstić information content (AvgIpc) is 3.10. The molecule has 1 saturated heterocycles. The fraction of sp³-hybridized carbons (Fsp3) is 0.524. The summed E-state index contributed by atoms with van der Waals surface area (Å²) in [5.74, 6) is 0.838. The Bertz CT molecular complexity index is 745. The molecule has 5 nitrogen and oxygen atoms in total. The molecule has 2 aromatic rings. The second kappa shape index (κ2) is 9.53. The van der Waals surface area contributed by atoms with Gasteiger partial charge in [0, 0.05) is 38.1 Å². The molecule has 1 aromatic heterocycles. The smallest absolute Gasteiger partial charge is 0.317 e. The summed E-state index contributed by atoms with van der Waals surface area (Å²) < 4.78 is 15.8. The van der Waals surface area contributed by atoms with Crippen molar-refractivity contribution in [2.24, 2.45) is 0 Å². The number of halogens is 1. The molecular formula is C21H29FN4O. The third-order valence-electron chi connectivity index (χ3n) is 5.37. The normalized spacial score (nSPS) is 17.1. The van der Waals surface area contributed by atoms with Crippen molar-refractivity contribution in [3.05, 3.63) is 53.9 Å². The molecule has 0 bridgehead atoms. The molecule has 146 valence electrons. The van der Waals surface area contributed by atoms with Gasteiger partial charge in [-0.2, -0.15) is 0 Å². The van der Waals surface area contributed by atoms with Gasteiger partial charge in [0.15, 0.2) is 0 Å². The van der Waals surface area contributed by atoms with Crippen LogP contribution < -0.4 is 5.32 Å². The molecule has 1 aliphatic rings. The van der Waals surface area contributed by atoms with Gasteiger partial charge in [0.25, 0.3) is 0 Å².